The Hall–Kier alpha value is -2.00. The lowest BCUT2D eigenvalue weighted by atomic mass is 10.1. The van der Waals surface area contributed by atoms with Crippen LogP contribution in [0.5, 0.6) is 0 Å². The average Bonchev–Trinajstić information content (AvgIpc) is 2.75. The second-order valence-electron chi connectivity index (χ2n) is 7.43. The first-order chi connectivity index (χ1) is 15.5. The fourth-order valence-electron chi connectivity index (χ4n) is 3.26. The van der Waals surface area contributed by atoms with E-state index in [1.54, 1.807) is 49.4 Å². The summed E-state index contributed by atoms with van der Waals surface area (Å²) in [6.07, 6.45) is 1.35. The lowest BCUT2D eigenvalue weighted by Gasteiger charge is -2.29. The molecule has 0 saturated heterocycles. The smallest absolute Gasteiger partial charge is 0.242 e. The van der Waals surface area contributed by atoms with E-state index in [1.807, 2.05) is 0 Å². The molecule has 0 aliphatic rings. The Labute approximate surface area is 209 Å². The molecule has 0 aliphatic heterocycles. The molecule has 2 aromatic carbocycles. The lowest BCUT2D eigenvalue weighted by molar-refractivity contribution is -0.140. The van der Waals surface area contributed by atoms with Crippen LogP contribution in [-0.2, 0) is 26.2 Å². The van der Waals surface area contributed by atoms with E-state index in [4.69, 9.17) is 34.8 Å². The molecule has 2 amide bonds. The standard InChI is InChI=1S/C22H26Cl3N3O4S/c1-15(22(30)26-2)27(14-18-19(24)6-4-7-20(18)25)21(29)8-5-13-28(33(3,31)32)17-11-9-16(23)10-12-17/h4,6-7,9-12,15H,5,8,13-14H2,1-3H3,(H,26,30). The van der Waals surface area contributed by atoms with E-state index in [0.29, 0.717) is 26.3 Å². The second-order valence-corrected chi connectivity index (χ2v) is 10.6. The van der Waals surface area contributed by atoms with Crippen LogP contribution in [0.4, 0.5) is 5.69 Å². The molecule has 0 aliphatic carbocycles. The van der Waals surface area contributed by atoms with E-state index >= 15 is 0 Å². The Morgan fingerprint density at radius 2 is 1.61 bits per heavy atom. The summed E-state index contributed by atoms with van der Waals surface area (Å²) in [5.74, 6) is -0.669. The van der Waals surface area contributed by atoms with Crippen LogP contribution >= 0.6 is 34.8 Å². The van der Waals surface area contributed by atoms with E-state index in [-0.39, 0.29) is 37.7 Å². The molecule has 2 aromatic rings. The van der Waals surface area contributed by atoms with E-state index in [9.17, 15) is 18.0 Å². The number of hydrogen-bond donors (Lipinski definition) is 1. The molecule has 7 nitrogen and oxygen atoms in total. The molecule has 0 bridgehead atoms. The predicted octanol–water partition coefficient (Wildman–Crippen LogP) is 4.36. The van der Waals surface area contributed by atoms with Gasteiger partial charge < -0.3 is 10.2 Å². The fourth-order valence-corrected chi connectivity index (χ4v) is 4.86. The van der Waals surface area contributed by atoms with Crippen LogP contribution < -0.4 is 9.62 Å². The summed E-state index contributed by atoms with van der Waals surface area (Å²) in [5, 5.41) is 3.79. The first-order valence-electron chi connectivity index (χ1n) is 10.1. The quantitative estimate of drug-likeness (QED) is 0.491. The maximum Gasteiger partial charge on any atom is 0.242 e. The Morgan fingerprint density at radius 1 is 1.03 bits per heavy atom. The number of carbonyl (C=O) groups is 2. The number of benzene rings is 2. The summed E-state index contributed by atoms with van der Waals surface area (Å²) in [6.45, 7) is 1.73. The molecular weight excluding hydrogens is 509 g/mol. The minimum Gasteiger partial charge on any atom is -0.357 e. The molecule has 0 saturated carbocycles. The first-order valence-corrected chi connectivity index (χ1v) is 13.1. The molecule has 180 valence electrons. The van der Waals surface area contributed by atoms with Crippen LogP contribution in [0.2, 0.25) is 15.1 Å². The third-order valence-electron chi connectivity index (χ3n) is 5.07. The molecule has 0 spiro atoms. The zero-order valence-electron chi connectivity index (χ0n) is 18.5. The number of likely N-dealkylation sites (N-methyl/N-ethyl adjacent to an activating group) is 1. The number of carbonyl (C=O) groups excluding carboxylic acids is 2. The Balaban J connectivity index is 2.19. The summed E-state index contributed by atoms with van der Waals surface area (Å²) >= 11 is 18.4. The number of rotatable bonds is 10. The van der Waals surface area contributed by atoms with Crippen LogP contribution in [0.15, 0.2) is 42.5 Å². The normalized spacial score (nSPS) is 12.2. The fraction of sp³-hybridized carbons (Fsp3) is 0.364. The number of sulfonamides is 1. The van der Waals surface area contributed by atoms with Gasteiger partial charge in [0.1, 0.15) is 6.04 Å². The van der Waals surface area contributed by atoms with Crippen molar-refractivity contribution in [3.63, 3.8) is 0 Å². The van der Waals surface area contributed by atoms with Gasteiger partial charge in [-0.2, -0.15) is 0 Å². The van der Waals surface area contributed by atoms with Crippen molar-refractivity contribution in [3.05, 3.63) is 63.1 Å². The first kappa shape index (κ1) is 27.2. The Morgan fingerprint density at radius 3 is 2.12 bits per heavy atom. The zero-order valence-corrected chi connectivity index (χ0v) is 21.6. The van der Waals surface area contributed by atoms with Crippen molar-refractivity contribution >= 4 is 62.3 Å². The van der Waals surface area contributed by atoms with Gasteiger partial charge in [-0.05, 0) is 49.7 Å². The van der Waals surface area contributed by atoms with Gasteiger partial charge >= 0.3 is 0 Å². The zero-order chi connectivity index (χ0) is 24.8. The summed E-state index contributed by atoms with van der Waals surface area (Å²) in [4.78, 5) is 26.8. The van der Waals surface area contributed by atoms with Crippen LogP contribution in [0.3, 0.4) is 0 Å². The number of anilines is 1. The highest BCUT2D eigenvalue weighted by atomic mass is 35.5. The highest BCUT2D eigenvalue weighted by Crippen LogP contribution is 2.27. The van der Waals surface area contributed by atoms with E-state index in [0.717, 1.165) is 6.26 Å². The predicted molar refractivity (Wildman–Crippen MR) is 133 cm³/mol. The maximum absolute atomic E-state index is 13.1. The Kier molecular flexibility index (Phi) is 9.84. The molecular formula is C22H26Cl3N3O4S. The molecule has 1 unspecified atom stereocenters. The number of halogens is 3. The van der Waals surface area contributed by atoms with Gasteiger partial charge in [0.25, 0.3) is 0 Å². The number of hydrogen-bond acceptors (Lipinski definition) is 4. The summed E-state index contributed by atoms with van der Waals surface area (Å²) in [5.41, 5.74) is 0.983. The lowest BCUT2D eigenvalue weighted by Crippen LogP contribution is -2.47. The van der Waals surface area contributed by atoms with Gasteiger partial charge in [0.15, 0.2) is 0 Å². The topological polar surface area (TPSA) is 86.8 Å². The minimum atomic E-state index is -3.58. The van der Waals surface area contributed by atoms with Gasteiger partial charge in [-0.25, -0.2) is 8.42 Å². The maximum atomic E-state index is 13.1. The van der Waals surface area contributed by atoms with Crippen LogP contribution in [0.25, 0.3) is 0 Å². The third-order valence-corrected chi connectivity index (χ3v) is 7.22. The van der Waals surface area contributed by atoms with Crippen molar-refractivity contribution in [1.82, 2.24) is 10.2 Å². The van der Waals surface area contributed by atoms with Crippen LogP contribution in [-0.4, -0.2) is 51.0 Å². The molecule has 1 N–H and O–H groups in total. The molecule has 0 heterocycles. The van der Waals surface area contributed by atoms with Crippen molar-refractivity contribution in [2.24, 2.45) is 0 Å². The summed E-state index contributed by atoms with van der Waals surface area (Å²) in [7, 11) is -2.09. The number of nitrogens with zero attached hydrogens (tertiary/aromatic N) is 2. The van der Waals surface area contributed by atoms with Gasteiger partial charge in [0, 0.05) is 47.2 Å². The van der Waals surface area contributed by atoms with Gasteiger partial charge in [0.2, 0.25) is 21.8 Å². The van der Waals surface area contributed by atoms with Crippen molar-refractivity contribution in [2.45, 2.75) is 32.4 Å². The van der Waals surface area contributed by atoms with E-state index in [1.165, 1.54) is 16.3 Å². The van der Waals surface area contributed by atoms with Crippen LogP contribution in [0.1, 0.15) is 25.3 Å². The molecule has 0 aromatic heterocycles. The molecule has 0 fully saturated rings. The molecule has 11 heteroatoms. The van der Waals surface area contributed by atoms with E-state index < -0.39 is 16.1 Å². The molecule has 2 rings (SSSR count). The average molecular weight is 535 g/mol. The molecule has 33 heavy (non-hydrogen) atoms. The van der Waals surface area contributed by atoms with Crippen LogP contribution in [0, 0.1) is 0 Å². The number of amides is 2. The van der Waals surface area contributed by atoms with Gasteiger partial charge in [-0.3, -0.25) is 13.9 Å². The monoisotopic (exact) mass is 533 g/mol. The molecule has 0 radical (unpaired) electrons. The second kappa shape index (κ2) is 11.9. The van der Waals surface area contributed by atoms with Gasteiger partial charge in [0.05, 0.1) is 11.9 Å². The largest absolute Gasteiger partial charge is 0.357 e. The molecule has 1 atom stereocenters. The highest BCUT2D eigenvalue weighted by Gasteiger charge is 2.27. The third kappa shape index (κ3) is 7.50. The van der Waals surface area contributed by atoms with Crippen molar-refractivity contribution in [3.8, 4) is 0 Å². The van der Waals surface area contributed by atoms with E-state index in [2.05, 4.69) is 5.32 Å². The SMILES string of the molecule is CNC(=O)C(C)N(Cc1c(Cl)cccc1Cl)C(=O)CCCN(c1ccc(Cl)cc1)S(C)(=O)=O. The highest BCUT2D eigenvalue weighted by molar-refractivity contribution is 7.92. The Bertz CT molecular complexity index is 1070. The van der Waals surface area contributed by atoms with Gasteiger partial charge in [-0.1, -0.05) is 40.9 Å². The van der Waals surface area contributed by atoms with Crippen molar-refractivity contribution < 1.29 is 18.0 Å². The number of nitrogens with one attached hydrogen (secondary N) is 1. The minimum absolute atomic E-state index is 0.0169. The summed E-state index contributed by atoms with van der Waals surface area (Å²) < 4.78 is 25.8. The van der Waals surface area contributed by atoms with Crippen molar-refractivity contribution in [1.29, 1.82) is 0 Å². The summed E-state index contributed by atoms with van der Waals surface area (Å²) in [6, 6.07) is 10.6. The van der Waals surface area contributed by atoms with Gasteiger partial charge in [-0.15, -0.1) is 0 Å². The van der Waals surface area contributed by atoms with Crippen molar-refractivity contribution in [2.75, 3.05) is 24.2 Å².